The third-order valence-electron chi connectivity index (χ3n) is 17.3. The lowest BCUT2D eigenvalue weighted by Crippen LogP contribution is -2.10. The molecule has 460 valence electrons. The van der Waals surface area contributed by atoms with E-state index < -0.39 is 0 Å². The quantitative estimate of drug-likeness (QED) is 0.0679. The molecule has 12 heteroatoms. The molecule has 16 aromatic rings. The van der Waals surface area contributed by atoms with Crippen LogP contribution in [0.15, 0.2) is 340 Å². The lowest BCUT2D eigenvalue weighted by Gasteiger charge is -2.26. The van der Waals surface area contributed by atoms with Crippen molar-refractivity contribution in [3.63, 3.8) is 0 Å². The Kier molecular flexibility index (Phi) is 15.8. The Balaban J connectivity index is 0.943. The summed E-state index contributed by atoms with van der Waals surface area (Å²) in [6.45, 7) is 8.35. The SMILES string of the molecule is [C-]#[N+]c1nc2c(nc1C#N)c1nc(-c3ccc(N(c4ccccc4)c4ccccc4)cc3)c(-c3ccc(N(c4ccccc4)c4ccccc4)cc3)nc1c1nc(-c3ccc(N(c4ccccc4)c4ccccc4)cc3)c(-c3ccc(N(c4ccccc4)c4ccccc4)cc3)nc21. The van der Waals surface area contributed by atoms with Gasteiger partial charge in [0.1, 0.15) is 33.7 Å². The third kappa shape index (κ3) is 11.3. The van der Waals surface area contributed by atoms with Gasteiger partial charge >= 0.3 is 5.82 Å². The highest BCUT2D eigenvalue weighted by Gasteiger charge is 2.28. The minimum absolute atomic E-state index is 0.147. The summed E-state index contributed by atoms with van der Waals surface area (Å²) >= 11 is 0. The molecule has 16 rings (SSSR count). The Morgan fingerprint density at radius 1 is 0.224 bits per heavy atom. The highest BCUT2D eigenvalue weighted by atomic mass is 15.2. The van der Waals surface area contributed by atoms with Crippen LogP contribution >= 0.6 is 0 Å². The fourth-order valence-corrected chi connectivity index (χ4v) is 12.7. The molecule has 3 heterocycles. The Bertz CT molecular complexity index is 5080. The number of nitriles is 1. The second-order valence-electron chi connectivity index (χ2n) is 23.3. The summed E-state index contributed by atoms with van der Waals surface area (Å²) in [6, 6.07) is 118. The van der Waals surface area contributed by atoms with Gasteiger partial charge in [0.2, 0.25) is 5.52 Å². The van der Waals surface area contributed by atoms with Crippen molar-refractivity contribution < 1.29 is 0 Å². The minimum atomic E-state index is -0.168. The molecule has 0 unspecified atom stereocenters. The van der Waals surface area contributed by atoms with Crippen LogP contribution in [0, 0.1) is 17.9 Å². The van der Waals surface area contributed by atoms with Crippen molar-refractivity contribution in [1.82, 2.24) is 29.9 Å². The molecule has 0 aliphatic rings. The zero-order valence-corrected chi connectivity index (χ0v) is 52.7. The number of nitrogens with zero attached hydrogens (tertiary/aromatic N) is 12. The maximum atomic E-state index is 10.7. The minimum Gasteiger partial charge on any atom is -0.358 e. The van der Waals surface area contributed by atoms with E-state index in [2.05, 4.69) is 225 Å². The number of rotatable bonds is 16. The van der Waals surface area contributed by atoms with Crippen molar-refractivity contribution in [2.24, 2.45) is 0 Å². The van der Waals surface area contributed by atoms with E-state index in [1.807, 2.05) is 146 Å². The summed E-state index contributed by atoms with van der Waals surface area (Å²) in [5.74, 6) is -0.168. The molecule has 3 aromatic heterocycles. The summed E-state index contributed by atoms with van der Waals surface area (Å²) in [5.41, 5.74) is 18.8. The van der Waals surface area contributed by atoms with Crippen molar-refractivity contribution in [3.8, 4) is 51.1 Å². The fourth-order valence-electron chi connectivity index (χ4n) is 12.7. The summed E-state index contributed by atoms with van der Waals surface area (Å²) in [6.07, 6.45) is 0. The number of benzene rings is 13. The summed E-state index contributed by atoms with van der Waals surface area (Å²) in [7, 11) is 0. The molecular formula is C86H56N12. The van der Waals surface area contributed by atoms with Crippen molar-refractivity contribution in [3.05, 3.63) is 357 Å². The smallest absolute Gasteiger partial charge is 0.307 e. The molecule has 0 amide bonds. The van der Waals surface area contributed by atoms with Gasteiger partial charge in [0.25, 0.3) is 0 Å². The number of aromatic nitrogens is 6. The monoisotopic (exact) mass is 1260 g/mol. The first-order valence-electron chi connectivity index (χ1n) is 32.1. The molecule has 98 heavy (non-hydrogen) atoms. The fraction of sp³-hybridized carbons (Fsp3) is 0. The van der Waals surface area contributed by atoms with E-state index in [-0.39, 0.29) is 22.5 Å². The van der Waals surface area contributed by atoms with Crippen LogP contribution in [0.2, 0.25) is 0 Å². The third-order valence-corrected chi connectivity index (χ3v) is 17.3. The first kappa shape index (κ1) is 59.1. The van der Waals surface area contributed by atoms with E-state index in [4.69, 9.17) is 36.5 Å². The van der Waals surface area contributed by atoms with Crippen LogP contribution in [0.4, 0.5) is 74.1 Å². The van der Waals surface area contributed by atoms with Crippen molar-refractivity contribution >= 4 is 107 Å². The van der Waals surface area contributed by atoms with Gasteiger partial charge in [0, 0.05) is 90.5 Å². The molecular weight excluding hydrogens is 1200 g/mol. The van der Waals surface area contributed by atoms with Gasteiger partial charge in [-0.05, 0) is 146 Å². The van der Waals surface area contributed by atoms with Crippen molar-refractivity contribution in [2.75, 3.05) is 19.6 Å². The van der Waals surface area contributed by atoms with E-state index in [1.165, 1.54) is 0 Å². The van der Waals surface area contributed by atoms with Crippen molar-refractivity contribution in [2.45, 2.75) is 0 Å². The van der Waals surface area contributed by atoms with Crippen LogP contribution in [0.3, 0.4) is 0 Å². The first-order valence-corrected chi connectivity index (χ1v) is 32.1. The average molecular weight is 1260 g/mol. The number of hydrogen-bond acceptors (Lipinski definition) is 11. The van der Waals surface area contributed by atoms with Gasteiger partial charge in [-0.15, -0.1) is 4.98 Å². The molecule has 0 atom stereocenters. The van der Waals surface area contributed by atoms with E-state index in [0.717, 1.165) is 90.5 Å². The second-order valence-corrected chi connectivity index (χ2v) is 23.3. The van der Waals surface area contributed by atoms with E-state index >= 15 is 0 Å². The van der Waals surface area contributed by atoms with Gasteiger partial charge in [-0.25, -0.2) is 24.9 Å². The van der Waals surface area contributed by atoms with Gasteiger partial charge < -0.3 is 24.4 Å². The lowest BCUT2D eigenvalue weighted by atomic mass is 10.0. The second kappa shape index (κ2) is 26.2. The molecule has 0 spiro atoms. The van der Waals surface area contributed by atoms with E-state index in [9.17, 15) is 5.26 Å². The Morgan fingerprint density at radius 2 is 0.398 bits per heavy atom. The molecule has 12 nitrogen and oxygen atoms in total. The number of anilines is 12. The molecule has 0 aliphatic heterocycles. The summed E-state index contributed by atoms with van der Waals surface area (Å²) in [5, 5.41) is 10.7. The number of hydrogen-bond donors (Lipinski definition) is 0. The Morgan fingerprint density at radius 3 is 0.582 bits per heavy atom. The maximum absolute atomic E-state index is 10.7. The molecule has 0 saturated heterocycles. The summed E-state index contributed by atoms with van der Waals surface area (Å²) < 4.78 is 0. The number of para-hydroxylation sites is 8. The average Bonchev–Trinajstić information content (AvgIpc) is 0.716. The van der Waals surface area contributed by atoms with Crippen molar-refractivity contribution in [1.29, 1.82) is 5.26 Å². The molecule has 0 radical (unpaired) electrons. The predicted octanol–water partition coefficient (Wildman–Crippen LogP) is 22.5. The Hall–Kier alpha value is -13.9. The summed E-state index contributed by atoms with van der Waals surface area (Å²) in [4.78, 5) is 45.5. The highest BCUT2D eigenvalue weighted by Crippen LogP contribution is 2.45. The van der Waals surface area contributed by atoms with Crippen LogP contribution in [0.5, 0.6) is 0 Å². The van der Waals surface area contributed by atoms with Crippen LogP contribution in [-0.2, 0) is 0 Å². The van der Waals surface area contributed by atoms with Gasteiger partial charge in [-0.2, -0.15) is 5.26 Å². The lowest BCUT2D eigenvalue weighted by molar-refractivity contribution is 1.23. The molecule has 0 saturated carbocycles. The van der Waals surface area contributed by atoms with Crippen LogP contribution in [0.1, 0.15) is 5.69 Å². The topological polar surface area (TPSA) is 118 Å². The van der Waals surface area contributed by atoms with Crippen LogP contribution in [-0.4, -0.2) is 29.9 Å². The first-order chi connectivity index (χ1) is 48.5. The van der Waals surface area contributed by atoms with Gasteiger partial charge in [0.15, 0.2) is 5.69 Å². The van der Waals surface area contributed by atoms with Crippen LogP contribution < -0.4 is 19.6 Å². The molecule has 0 fully saturated rings. The van der Waals surface area contributed by atoms with Gasteiger partial charge in [0.05, 0.1) is 22.8 Å². The standard InChI is InChI=1S/C86H56N12/c1-88-86-75(58-87)89-80-81-82(91-77(60-44-52-72(53-45-60)96(65-30-14-4-15-31-65)66-32-16-5-17-33-66)76(90-81)59-42-50-71(51-43-59)95(63-26-10-2-11-27-63)64-28-12-3-13-29-64)83-84(85(80)94-86)93-79(62-48-56-74(57-49-62)98(69-38-22-8-23-39-69)70-40-24-9-25-41-70)78(92-83)61-46-54-73(55-47-61)97(67-34-18-6-19-35-67)68-36-20-7-21-37-68/h2-57H. The van der Waals surface area contributed by atoms with Gasteiger partial charge in [-0.1, -0.05) is 201 Å². The predicted molar refractivity (Wildman–Crippen MR) is 397 cm³/mol. The van der Waals surface area contributed by atoms with Crippen LogP contribution in [0.25, 0.3) is 83.0 Å². The number of fused-ring (bicyclic) bond motifs is 6. The molecule has 13 aromatic carbocycles. The van der Waals surface area contributed by atoms with Gasteiger partial charge in [-0.3, -0.25) is 0 Å². The largest absolute Gasteiger partial charge is 0.358 e. The molecule has 0 bridgehead atoms. The zero-order valence-electron chi connectivity index (χ0n) is 52.7. The maximum Gasteiger partial charge on any atom is 0.307 e. The zero-order chi connectivity index (χ0) is 65.7. The highest BCUT2D eigenvalue weighted by molar-refractivity contribution is 6.20. The van der Waals surface area contributed by atoms with E-state index in [0.29, 0.717) is 44.8 Å². The molecule has 0 aliphatic carbocycles. The van der Waals surface area contributed by atoms with E-state index in [1.54, 1.807) is 0 Å². The Labute approximate surface area is 566 Å². The molecule has 0 N–H and O–H groups in total. The normalized spacial score (nSPS) is 11.0.